The molecule has 6 N–H and O–H groups in total. The molecule has 0 saturated carbocycles. The molecule has 0 radical (unpaired) electrons. The molecule has 17 nitrogen and oxygen atoms in total. The third-order valence-corrected chi connectivity index (χ3v) is 19.4. The number of unbranched alkanes of at least 4 members (excludes halogenated alkanes) is 8. The number of nitrogens with one attached hydrogen (secondary N) is 2. The molecule has 17 heteroatoms. The molecule has 2 aliphatic heterocycles. The molecule has 2 aromatic heterocycles. The lowest BCUT2D eigenvalue weighted by Crippen LogP contribution is -2.39. The highest BCUT2D eigenvalue weighted by molar-refractivity contribution is 6.01. The highest BCUT2D eigenvalue weighted by Gasteiger charge is 2.30. The first-order chi connectivity index (χ1) is 46.0. The number of aromatic nitrogens is 2. The number of azo groups is 1. The molecule has 0 bridgehead atoms. The molecular formula is C78H125N9O8. The molecule has 6 rings (SSSR count). The van der Waals surface area contributed by atoms with Crippen molar-refractivity contribution in [2.75, 3.05) is 58.1 Å². The second kappa shape index (κ2) is 45.6. The Morgan fingerprint density at radius 2 is 0.895 bits per heavy atom. The first kappa shape index (κ1) is 80.7. The lowest BCUT2D eigenvalue weighted by atomic mass is 9.95. The Balaban J connectivity index is 0.000000341. The molecule has 2 aromatic carbocycles. The Hall–Kier alpha value is -6.78. The van der Waals surface area contributed by atoms with Gasteiger partial charge in [-0.2, -0.15) is 0 Å². The third kappa shape index (κ3) is 26.6. The van der Waals surface area contributed by atoms with Gasteiger partial charge < -0.3 is 35.5 Å². The van der Waals surface area contributed by atoms with Gasteiger partial charge in [-0.05, 0) is 143 Å². The number of carbonyl (C=O) groups excluding carboxylic acids is 4. The number of hydrogen-bond acceptors (Lipinski definition) is 11. The maximum Gasteiger partial charge on any atom is 0.278 e. The maximum atomic E-state index is 14.4. The lowest BCUT2D eigenvalue weighted by molar-refractivity contribution is 0.0679. The molecule has 2 aliphatic rings. The van der Waals surface area contributed by atoms with Crippen LogP contribution in [0.15, 0.2) is 74.4 Å². The predicted molar refractivity (Wildman–Crippen MR) is 390 cm³/mol. The topological polar surface area (TPSA) is 238 Å². The molecule has 4 atom stereocenters. The van der Waals surface area contributed by atoms with Gasteiger partial charge in [0, 0.05) is 69.7 Å². The number of para-hydroxylation sites is 1. The van der Waals surface area contributed by atoms with E-state index < -0.39 is 11.4 Å². The van der Waals surface area contributed by atoms with Crippen molar-refractivity contribution in [3.05, 3.63) is 109 Å². The number of aryl methyl sites for hydroxylation is 1. The van der Waals surface area contributed by atoms with Crippen LogP contribution in [0.5, 0.6) is 11.8 Å². The van der Waals surface area contributed by atoms with E-state index in [-0.39, 0.29) is 51.9 Å². The van der Waals surface area contributed by atoms with E-state index in [0.29, 0.717) is 96.3 Å². The van der Waals surface area contributed by atoms with Crippen LogP contribution in [0.1, 0.15) is 302 Å². The van der Waals surface area contributed by atoms with E-state index in [1.807, 2.05) is 41.3 Å². The molecule has 2 saturated heterocycles. The van der Waals surface area contributed by atoms with E-state index in [0.717, 1.165) is 167 Å². The number of nitrogens with zero attached hydrogens (tertiary/aromatic N) is 6. The van der Waals surface area contributed by atoms with Crippen molar-refractivity contribution < 1.29 is 29.4 Å². The van der Waals surface area contributed by atoms with Crippen LogP contribution in [0, 0.1) is 23.7 Å². The number of pyridine rings is 2. The van der Waals surface area contributed by atoms with E-state index in [1.54, 1.807) is 21.9 Å². The van der Waals surface area contributed by atoms with Crippen molar-refractivity contribution in [1.29, 1.82) is 0 Å². The number of anilines is 1. The second-order valence-electron chi connectivity index (χ2n) is 26.9. The monoisotopic (exact) mass is 1320 g/mol. The molecule has 0 spiro atoms. The van der Waals surface area contributed by atoms with Gasteiger partial charge in [0.1, 0.15) is 11.1 Å². The summed E-state index contributed by atoms with van der Waals surface area (Å²) in [4.78, 5) is 91.3. The number of H-pyrrole nitrogens is 2. The Morgan fingerprint density at radius 3 is 1.34 bits per heavy atom. The molecule has 95 heavy (non-hydrogen) atoms. The summed E-state index contributed by atoms with van der Waals surface area (Å²) in [5, 5.41) is 29.9. The van der Waals surface area contributed by atoms with Gasteiger partial charge in [0.2, 0.25) is 11.8 Å². The van der Waals surface area contributed by atoms with Crippen LogP contribution in [-0.4, -0.2) is 116 Å². The number of carbonyl (C=O) groups is 4. The predicted octanol–water partition coefficient (Wildman–Crippen LogP) is 18.3. The van der Waals surface area contributed by atoms with Crippen LogP contribution in [0.25, 0.3) is 0 Å². The highest BCUT2D eigenvalue weighted by atomic mass is 16.3. The van der Waals surface area contributed by atoms with Gasteiger partial charge in [-0.3, -0.25) is 38.7 Å². The average Bonchev–Trinajstić information content (AvgIpc) is 0.808. The molecule has 530 valence electrons. The van der Waals surface area contributed by atoms with Crippen LogP contribution < -0.4 is 16.9 Å². The summed E-state index contributed by atoms with van der Waals surface area (Å²) in [6.07, 6.45) is 31.0. The standard InChI is InChI=1S/C39H61N5O4.C23H40N2O.C16H24N2O3/c1-6-11-15-23-32-34(39(48)43-25-18-14-19-26-43)36(45)40-37(46)35(32)42-41-33-24-17-16-22-31(33)38(47)44(27-29(9-4)20-12-7-2)28-30(10-5)21-13-8-3;1-5-9-13-19(7-3)17-25(18-20(8-4)14-10-6-2)23(26)21-15-11-12-16-22(21)24;1-2-3-5-8-12-11-13(19)17-15(20)14(12)16(21)18-9-6-4-7-10-18/h16-17,22,24,29-30H,6-15,18-21,23,25-28H2,1-5H3,(H2,40,45,46);11-12,15-16,19-20H,5-10,13-14,17-18,24H2,1-4H3;11H,2-10H2,1H3,(H2,17,19,20). The van der Waals surface area contributed by atoms with Gasteiger partial charge in [0.15, 0.2) is 5.69 Å². The minimum atomic E-state index is -0.605. The smallest absolute Gasteiger partial charge is 0.278 e. The lowest BCUT2D eigenvalue weighted by Gasteiger charge is -2.31. The summed E-state index contributed by atoms with van der Waals surface area (Å²) in [6.45, 7) is 27.8. The van der Waals surface area contributed by atoms with Crippen LogP contribution in [0.2, 0.25) is 0 Å². The number of rotatable bonds is 38. The van der Waals surface area contributed by atoms with Crippen molar-refractivity contribution in [2.24, 2.45) is 33.9 Å². The fourth-order valence-corrected chi connectivity index (χ4v) is 13.1. The van der Waals surface area contributed by atoms with E-state index in [9.17, 15) is 39.0 Å². The molecule has 2 fully saturated rings. The number of piperidine rings is 2. The number of aromatic amines is 2. The van der Waals surface area contributed by atoms with E-state index in [2.05, 4.69) is 94.3 Å². The molecular weight excluding hydrogens is 1190 g/mol. The minimum absolute atomic E-state index is 0.0135. The van der Waals surface area contributed by atoms with Crippen LogP contribution in [0.4, 0.5) is 17.1 Å². The van der Waals surface area contributed by atoms with Gasteiger partial charge in [-0.1, -0.05) is 196 Å². The number of amides is 4. The number of nitrogen functional groups attached to an aromatic ring is 1. The Morgan fingerprint density at radius 1 is 0.495 bits per heavy atom. The van der Waals surface area contributed by atoms with Crippen molar-refractivity contribution in [3.8, 4) is 11.8 Å². The number of aromatic hydroxyl groups is 2. The molecule has 4 unspecified atom stereocenters. The van der Waals surface area contributed by atoms with Gasteiger partial charge >= 0.3 is 0 Å². The summed E-state index contributed by atoms with van der Waals surface area (Å²) in [5.74, 6) is 0.867. The van der Waals surface area contributed by atoms with Crippen molar-refractivity contribution >= 4 is 40.7 Å². The first-order valence-electron chi connectivity index (χ1n) is 37.4. The largest absolute Gasteiger partial charge is 0.494 e. The Kier molecular flexibility index (Phi) is 38.7. The summed E-state index contributed by atoms with van der Waals surface area (Å²) in [7, 11) is 0. The zero-order valence-corrected chi connectivity index (χ0v) is 60.5. The Bertz CT molecular complexity index is 3000. The normalized spacial score (nSPS) is 14.5. The van der Waals surface area contributed by atoms with Crippen molar-refractivity contribution in [2.45, 2.75) is 262 Å². The summed E-state index contributed by atoms with van der Waals surface area (Å²) < 4.78 is 0. The molecule has 4 aromatic rings. The van der Waals surface area contributed by atoms with E-state index in [4.69, 9.17) is 5.73 Å². The van der Waals surface area contributed by atoms with Gasteiger partial charge in [-0.25, -0.2) is 0 Å². The highest BCUT2D eigenvalue weighted by Crippen LogP contribution is 2.33. The van der Waals surface area contributed by atoms with Crippen molar-refractivity contribution in [1.82, 2.24) is 29.6 Å². The van der Waals surface area contributed by atoms with Crippen LogP contribution in [0.3, 0.4) is 0 Å². The maximum absolute atomic E-state index is 14.4. The quantitative estimate of drug-likeness (QED) is 0.0163. The number of hydrogen-bond donors (Lipinski definition) is 5. The van der Waals surface area contributed by atoms with Crippen LogP contribution >= 0.6 is 0 Å². The average molecular weight is 1320 g/mol. The number of likely N-dealkylation sites (tertiary alicyclic amines) is 2. The third-order valence-electron chi connectivity index (χ3n) is 19.4. The number of benzene rings is 2. The van der Waals surface area contributed by atoms with Gasteiger partial charge in [0.25, 0.3) is 34.7 Å². The summed E-state index contributed by atoms with van der Waals surface area (Å²) in [5.41, 5.74) is 8.70. The Labute approximate surface area is 571 Å². The summed E-state index contributed by atoms with van der Waals surface area (Å²) in [6, 6.07) is 16.1. The first-order valence-corrected chi connectivity index (χ1v) is 37.4. The zero-order chi connectivity index (χ0) is 69.5. The fourth-order valence-electron chi connectivity index (χ4n) is 13.1. The zero-order valence-electron chi connectivity index (χ0n) is 60.5. The van der Waals surface area contributed by atoms with E-state index in [1.165, 1.54) is 44.6 Å². The summed E-state index contributed by atoms with van der Waals surface area (Å²) >= 11 is 0. The second-order valence-corrected chi connectivity index (χ2v) is 26.9. The number of nitrogens with two attached hydrogens (primary N) is 1. The SMILES string of the molecule is CCCCC(CC)CN(CC(CC)CCCC)C(=O)c1ccccc1N.CCCCCc1c(C(=O)N2CCCCC2)c(O)[nH]c(=O)c1N=Nc1ccccc1C(=O)N(CC(CC)CCCC)CC(CC)CCCC.CCCCCc1cc(=O)[nH]c(O)c1C(=O)N1CCCCC1. The van der Waals surface area contributed by atoms with E-state index >= 15 is 0 Å². The minimum Gasteiger partial charge on any atom is -0.494 e. The van der Waals surface area contributed by atoms with Gasteiger partial charge in [-0.15, -0.1) is 10.2 Å². The molecule has 4 amide bonds. The molecule has 4 heterocycles. The van der Waals surface area contributed by atoms with Gasteiger partial charge in [0.05, 0.1) is 16.8 Å². The fraction of sp³-hybridized carbons (Fsp3) is 0.667. The van der Waals surface area contributed by atoms with Crippen LogP contribution in [-0.2, 0) is 12.8 Å². The van der Waals surface area contributed by atoms with Crippen molar-refractivity contribution in [3.63, 3.8) is 0 Å². The molecule has 0 aliphatic carbocycles.